The Morgan fingerprint density at radius 2 is 1.85 bits per heavy atom. The van der Waals surface area contributed by atoms with Crippen LogP contribution in [0.25, 0.3) is 10.6 Å². The standard InChI is InChI=1S/C14H11N3S3/c18-13(15-10-5-2-1-3-6-10)17-14-16-11(9-20-14)12-7-4-8-19-12/h1-9H,(H2,15,16,17,18). The van der Waals surface area contributed by atoms with Crippen LogP contribution in [-0.4, -0.2) is 10.1 Å². The smallest absolute Gasteiger partial charge is 0.189 e. The number of anilines is 2. The lowest BCUT2D eigenvalue weighted by Gasteiger charge is -2.07. The normalized spacial score (nSPS) is 10.2. The van der Waals surface area contributed by atoms with E-state index in [0.29, 0.717) is 5.11 Å². The number of hydrogen-bond donors (Lipinski definition) is 2. The van der Waals surface area contributed by atoms with Crippen LogP contribution in [0, 0.1) is 0 Å². The molecule has 0 atom stereocenters. The third-order valence-electron chi connectivity index (χ3n) is 2.53. The van der Waals surface area contributed by atoms with Crippen molar-refractivity contribution in [3.8, 4) is 10.6 Å². The number of nitrogens with zero attached hydrogens (tertiary/aromatic N) is 1. The molecule has 6 heteroatoms. The first kappa shape index (κ1) is 13.2. The Hall–Kier alpha value is -1.76. The van der Waals surface area contributed by atoms with Crippen molar-refractivity contribution in [3.63, 3.8) is 0 Å². The molecule has 2 aromatic heterocycles. The highest BCUT2D eigenvalue weighted by molar-refractivity contribution is 7.80. The second-order valence-corrected chi connectivity index (χ2v) is 6.17. The largest absolute Gasteiger partial charge is 0.332 e. The molecule has 0 saturated heterocycles. The van der Waals surface area contributed by atoms with E-state index in [0.717, 1.165) is 21.4 Å². The van der Waals surface area contributed by atoms with Gasteiger partial charge in [0.05, 0.1) is 10.6 Å². The molecule has 0 aliphatic heterocycles. The summed E-state index contributed by atoms with van der Waals surface area (Å²) >= 11 is 8.50. The van der Waals surface area contributed by atoms with Crippen LogP contribution >= 0.6 is 34.9 Å². The van der Waals surface area contributed by atoms with E-state index in [-0.39, 0.29) is 0 Å². The number of benzene rings is 1. The van der Waals surface area contributed by atoms with Crippen LogP contribution in [0.2, 0.25) is 0 Å². The van der Waals surface area contributed by atoms with Gasteiger partial charge in [-0.1, -0.05) is 24.3 Å². The van der Waals surface area contributed by atoms with E-state index in [1.54, 1.807) is 22.7 Å². The molecule has 0 unspecified atom stereocenters. The van der Waals surface area contributed by atoms with Gasteiger partial charge in [0.1, 0.15) is 0 Å². The molecule has 0 fully saturated rings. The second-order valence-electron chi connectivity index (χ2n) is 3.96. The zero-order chi connectivity index (χ0) is 13.8. The maximum atomic E-state index is 5.27. The minimum absolute atomic E-state index is 0.545. The Balaban J connectivity index is 1.65. The highest BCUT2D eigenvalue weighted by atomic mass is 32.1. The quantitative estimate of drug-likeness (QED) is 0.688. The van der Waals surface area contributed by atoms with Crippen molar-refractivity contribution in [1.82, 2.24) is 4.98 Å². The predicted octanol–water partition coefficient (Wildman–Crippen LogP) is 4.68. The zero-order valence-electron chi connectivity index (χ0n) is 10.4. The van der Waals surface area contributed by atoms with Crippen molar-refractivity contribution in [3.05, 3.63) is 53.2 Å². The summed E-state index contributed by atoms with van der Waals surface area (Å²) in [5.41, 5.74) is 1.94. The van der Waals surface area contributed by atoms with Gasteiger partial charge in [0.25, 0.3) is 0 Å². The van der Waals surface area contributed by atoms with Gasteiger partial charge in [-0.3, -0.25) is 0 Å². The fraction of sp³-hybridized carbons (Fsp3) is 0. The minimum Gasteiger partial charge on any atom is -0.332 e. The molecule has 0 spiro atoms. The molecule has 3 nitrogen and oxygen atoms in total. The molecule has 100 valence electrons. The van der Waals surface area contributed by atoms with E-state index in [9.17, 15) is 0 Å². The topological polar surface area (TPSA) is 37.0 Å². The van der Waals surface area contributed by atoms with E-state index < -0.39 is 0 Å². The van der Waals surface area contributed by atoms with Crippen molar-refractivity contribution in [1.29, 1.82) is 0 Å². The summed E-state index contributed by atoms with van der Waals surface area (Å²) in [6, 6.07) is 13.9. The Bertz CT molecular complexity index is 690. The number of rotatable bonds is 3. The Kier molecular flexibility index (Phi) is 4.05. The fourth-order valence-electron chi connectivity index (χ4n) is 1.65. The van der Waals surface area contributed by atoms with Crippen LogP contribution in [-0.2, 0) is 0 Å². The summed E-state index contributed by atoms with van der Waals surface area (Å²) in [6.07, 6.45) is 0. The number of thiazole rings is 1. The van der Waals surface area contributed by atoms with Crippen LogP contribution in [0.5, 0.6) is 0 Å². The summed E-state index contributed by atoms with van der Waals surface area (Å²) < 4.78 is 0. The fourth-order valence-corrected chi connectivity index (χ4v) is 3.40. The van der Waals surface area contributed by atoms with Crippen molar-refractivity contribution in [2.45, 2.75) is 0 Å². The second kappa shape index (κ2) is 6.13. The Morgan fingerprint density at radius 3 is 2.60 bits per heavy atom. The number of thiocarbonyl (C=S) groups is 1. The summed E-state index contributed by atoms with van der Waals surface area (Å²) in [6.45, 7) is 0. The van der Waals surface area contributed by atoms with Gasteiger partial charge in [-0.2, -0.15) is 0 Å². The lowest BCUT2D eigenvalue weighted by atomic mass is 10.3. The Labute approximate surface area is 130 Å². The molecular weight excluding hydrogens is 306 g/mol. The van der Waals surface area contributed by atoms with Gasteiger partial charge in [0.15, 0.2) is 10.2 Å². The zero-order valence-corrected chi connectivity index (χ0v) is 12.8. The highest BCUT2D eigenvalue weighted by Gasteiger charge is 2.06. The average molecular weight is 317 g/mol. The lowest BCUT2D eigenvalue weighted by Crippen LogP contribution is -2.18. The molecule has 20 heavy (non-hydrogen) atoms. The molecular formula is C14H11N3S3. The van der Waals surface area contributed by atoms with Gasteiger partial charge in [-0.25, -0.2) is 4.98 Å². The van der Waals surface area contributed by atoms with E-state index in [4.69, 9.17) is 12.2 Å². The number of hydrogen-bond acceptors (Lipinski definition) is 4. The number of aromatic nitrogens is 1. The molecule has 0 aliphatic rings. The van der Waals surface area contributed by atoms with E-state index in [2.05, 4.69) is 21.7 Å². The van der Waals surface area contributed by atoms with Crippen molar-refractivity contribution >= 4 is 50.8 Å². The highest BCUT2D eigenvalue weighted by Crippen LogP contribution is 2.28. The van der Waals surface area contributed by atoms with Crippen LogP contribution in [0.1, 0.15) is 0 Å². The average Bonchev–Trinajstić information content (AvgIpc) is 3.10. The summed E-state index contributed by atoms with van der Waals surface area (Å²) in [5, 5.41) is 11.6. The first-order valence-electron chi connectivity index (χ1n) is 5.94. The molecule has 0 amide bonds. The summed E-state index contributed by atoms with van der Waals surface area (Å²) in [7, 11) is 0. The monoisotopic (exact) mass is 317 g/mol. The summed E-state index contributed by atoms with van der Waals surface area (Å²) in [4.78, 5) is 5.69. The molecule has 0 aliphatic carbocycles. The summed E-state index contributed by atoms with van der Waals surface area (Å²) in [5.74, 6) is 0. The van der Waals surface area contributed by atoms with Crippen LogP contribution in [0.4, 0.5) is 10.8 Å². The maximum Gasteiger partial charge on any atom is 0.189 e. The maximum absolute atomic E-state index is 5.27. The van der Waals surface area contributed by atoms with Crippen LogP contribution in [0.3, 0.4) is 0 Å². The van der Waals surface area contributed by atoms with Gasteiger partial charge < -0.3 is 10.6 Å². The van der Waals surface area contributed by atoms with Crippen molar-refractivity contribution in [2.75, 3.05) is 10.6 Å². The van der Waals surface area contributed by atoms with Crippen molar-refractivity contribution in [2.24, 2.45) is 0 Å². The van der Waals surface area contributed by atoms with Crippen LogP contribution < -0.4 is 10.6 Å². The molecule has 0 saturated carbocycles. The molecule has 0 bridgehead atoms. The number of nitrogens with one attached hydrogen (secondary N) is 2. The van der Waals surface area contributed by atoms with Crippen LogP contribution in [0.15, 0.2) is 53.2 Å². The third-order valence-corrected chi connectivity index (χ3v) is 4.38. The molecule has 0 radical (unpaired) electrons. The third kappa shape index (κ3) is 3.22. The van der Waals surface area contributed by atoms with E-state index in [1.807, 2.05) is 47.2 Å². The number of thiophene rings is 1. The SMILES string of the molecule is S=C(Nc1ccccc1)Nc1nc(-c2cccs2)cs1. The molecule has 2 N–H and O–H groups in total. The number of para-hydroxylation sites is 1. The van der Waals surface area contributed by atoms with Gasteiger partial charge in [-0.15, -0.1) is 22.7 Å². The van der Waals surface area contributed by atoms with Crippen molar-refractivity contribution < 1.29 is 0 Å². The van der Waals surface area contributed by atoms with Gasteiger partial charge >= 0.3 is 0 Å². The van der Waals surface area contributed by atoms with E-state index in [1.165, 1.54) is 0 Å². The Morgan fingerprint density at radius 1 is 1.00 bits per heavy atom. The molecule has 1 aromatic carbocycles. The van der Waals surface area contributed by atoms with Gasteiger partial charge in [-0.05, 0) is 35.8 Å². The first-order chi connectivity index (χ1) is 9.81. The molecule has 3 aromatic rings. The molecule has 3 rings (SSSR count). The lowest BCUT2D eigenvalue weighted by molar-refractivity contribution is 1.42. The van der Waals surface area contributed by atoms with Gasteiger partial charge in [0, 0.05) is 11.1 Å². The predicted molar refractivity (Wildman–Crippen MR) is 91.7 cm³/mol. The first-order valence-corrected chi connectivity index (χ1v) is 8.10. The van der Waals surface area contributed by atoms with E-state index >= 15 is 0 Å². The van der Waals surface area contributed by atoms with Gasteiger partial charge in [0.2, 0.25) is 0 Å². The minimum atomic E-state index is 0.545. The molecule has 2 heterocycles.